The number of ether oxygens (including phenoxy) is 1. The molecule has 11 heteroatoms. The Morgan fingerprint density at radius 1 is 1.15 bits per heavy atom. The number of anilines is 2. The van der Waals surface area contributed by atoms with Crippen LogP contribution in [0.5, 0.6) is 5.75 Å². The summed E-state index contributed by atoms with van der Waals surface area (Å²) in [6.45, 7) is 3.85. The first kappa shape index (κ1) is 29.8. The smallest absolute Gasteiger partial charge is 0.251 e. The second-order valence-corrected chi connectivity index (χ2v) is 12.0. The minimum atomic E-state index is -2.95. The summed E-state index contributed by atoms with van der Waals surface area (Å²) in [4.78, 5) is 13.6. The quantitative estimate of drug-likeness (QED) is 0.175. The fourth-order valence-corrected chi connectivity index (χ4v) is 6.44. The highest BCUT2D eigenvalue weighted by molar-refractivity contribution is 8.25. The third-order valence-corrected chi connectivity index (χ3v) is 8.77. The molecule has 2 atom stereocenters. The zero-order valence-electron chi connectivity index (χ0n) is 23.0. The van der Waals surface area contributed by atoms with Crippen molar-refractivity contribution in [3.05, 3.63) is 77.7 Å². The van der Waals surface area contributed by atoms with Gasteiger partial charge in [0.05, 0.1) is 37.0 Å². The van der Waals surface area contributed by atoms with Crippen molar-refractivity contribution in [3.8, 4) is 5.75 Å². The van der Waals surface area contributed by atoms with Gasteiger partial charge in [0, 0.05) is 43.9 Å². The number of nitrogens with zero attached hydrogens (tertiary/aromatic N) is 1. The lowest BCUT2D eigenvalue weighted by Gasteiger charge is -2.47. The summed E-state index contributed by atoms with van der Waals surface area (Å²) in [5, 5.41) is 20.6. The summed E-state index contributed by atoms with van der Waals surface area (Å²) in [6.07, 6.45) is 2.53. The molecule has 4 rings (SSSR count). The Hall–Kier alpha value is -3.22. The molecule has 10 nitrogen and oxygen atoms in total. The number of methoxy groups -OCH3 is 1. The molecule has 3 aromatic rings. The van der Waals surface area contributed by atoms with Crippen molar-refractivity contribution in [1.82, 2.24) is 10.6 Å². The summed E-state index contributed by atoms with van der Waals surface area (Å²) in [7, 11) is -1.34. The Bertz CT molecular complexity index is 1240. The standard InChI is InChI=1S/C29H40N4O6S/c1-3-31-23-15-22(16-24(17-23)33-11-4-5-13-40(33,36)37)29(35)32-27(18-26-10-7-12-39-26)28(34)20-30-19-21-8-6-9-25(14-21)38-2/h6-10,12,14-17,27-28,30-31,34,36-37H,3-5,11,13,18-20H2,1-2H3,(H,32,35). The van der Waals surface area contributed by atoms with Crippen LogP contribution in [0.2, 0.25) is 0 Å². The highest BCUT2D eigenvalue weighted by Gasteiger charge is 2.29. The zero-order chi connectivity index (χ0) is 28.5. The number of carbonyl (C=O) groups excluding carboxylic acids is 1. The number of benzene rings is 2. The number of hydrogen-bond donors (Lipinski definition) is 6. The van der Waals surface area contributed by atoms with Crippen molar-refractivity contribution in [2.45, 2.75) is 44.9 Å². The molecule has 1 aromatic heterocycles. The highest BCUT2D eigenvalue weighted by atomic mass is 32.3. The Labute approximate surface area is 237 Å². The van der Waals surface area contributed by atoms with Gasteiger partial charge in [-0.25, -0.2) is 0 Å². The van der Waals surface area contributed by atoms with E-state index >= 15 is 0 Å². The average Bonchev–Trinajstić information content (AvgIpc) is 3.45. The predicted octanol–water partition coefficient (Wildman–Crippen LogP) is 4.48. The van der Waals surface area contributed by atoms with Gasteiger partial charge in [-0.2, -0.15) is 0 Å². The van der Waals surface area contributed by atoms with Crippen LogP contribution >= 0.6 is 10.8 Å². The van der Waals surface area contributed by atoms with Crippen molar-refractivity contribution in [2.75, 3.05) is 42.1 Å². The highest BCUT2D eigenvalue weighted by Crippen LogP contribution is 2.50. The third-order valence-electron chi connectivity index (χ3n) is 6.83. The molecule has 6 N–H and O–H groups in total. The number of amides is 1. The monoisotopic (exact) mass is 572 g/mol. The van der Waals surface area contributed by atoms with E-state index in [2.05, 4.69) is 16.0 Å². The van der Waals surface area contributed by atoms with Gasteiger partial charge in [0.1, 0.15) is 11.5 Å². The van der Waals surface area contributed by atoms with Crippen LogP contribution < -0.4 is 25.0 Å². The average molecular weight is 573 g/mol. The maximum Gasteiger partial charge on any atom is 0.251 e. The molecule has 1 aliphatic heterocycles. The number of aliphatic hydroxyl groups excluding tert-OH is 1. The van der Waals surface area contributed by atoms with Gasteiger partial charge < -0.3 is 30.2 Å². The van der Waals surface area contributed by atoms with E-state index in [-0.39, 0.29) is 12.5 Å². The molecule has 2 heterocycles. The van der Waals surface area contributed by atoms with Gasteiger partial charge in [-0.15, -0.1) is 10.8 Å². The van der Waals surface area contributed by atoms with E-state index in [0.717, 1.165) is 24.2 Å². The number of furan rings is 1. The van der Waals surface area contributed by atoms with E-state index in [9.17, 15) is 19.0 Å². The third kappa shape index (κ3) is 7.92. The molecular weight excluding hydrogens is 532 g/mol. The molecule has 40 heavy (non-hydrogen) atoms. The van der Waals surface area contributed by atoms with Crippen LogP contribution in [0.15, 0.2) is 65.3 Å². The van der Waals surface area contributed by atoms with E-state index in [1.165, 1.54) is 0 Å². The van der Waals surface area contributed by atoms with Crippen molar-refractivity contribution in [2.24, 2.45) is 0 Å². The molecule has 2 unspecified atom stereocenters. The molecule has 0 radical (unpaired) electrons. The van der Waals surface area contributed by atoms with Crippen LogP contribution in [0.25, 0.3) is 0 Å². The molecular formula is C29H40N4O6S. The van der Waals surface area contributed by atoms with Gasteiger partial charge >= 0.3 is 0 Å². The predicted molar refractivity (Wildman–Crippen MR) is 159 cm³/mol. The Morgan fingerprint density at radius 2 is 2.00 bits per heavy atom. The van der Waals surface area contributed by atoms with Gasteiger partial charge in [0.15, 0.2) is 0 Å². The summed E-state index contributed by atoms with van der Waals surface area (Å²) in [5.41, 5.74) is 2.64. The molecule has 1 saturated heterocycles. The molecule has 2 aromatic carbocycles. The summed E-state index contributed by atoms with van der Waals surface area (Å²) in [6, 6.07) is 15.8. The fourth-order valence-electron chi connectivity index (χ4n) is 4.77. The number of nitrogens with one attached hydrogen (secondary N) is 3. The van der Waals surface area contributed by atoms with Crippen LogP contribution in [-0.2, 0) is 13.0 Å². The first-order valence-electron chi connectivity index (χ1n) is 13.6. The zero-order valence-corrected chi connectivity index (χ0v) is 23.8. The fraction of sp³-hybridized carbons (Fsp3) is 0.414. The lowest BCUT2D eigenvalue weighted by molar-refractivity contribution is 0.0823. The van der Waals surface area contributed by atoms with Crippen LogP contribution in [0.3, 0.4) is 0 Å². The molecule has 0 aliphatic carbocycles. The van der Waals surface area contributed by atoms with Gasteiger partial charge in [-0.05, 0) is 67.8 Å². The SMILES string of the molecule is CCNc1cc(C(=O)NC(Cc2ccco2)C(O)CNCc2cccc(OC)c2)cc(N2CCCCS2(O)O)c1. The Morgan fingerprint density at radius 3 is 2.73 bits per heavy atom. The van der Waals surface area contributed by atoms with E-state index in [0.29, 0.717) is 54.5 Å². The second-order valence-electron chi connectivity index (χ2n) is 9.86. The summed E-state index contributed by atoms with van der Waals surface area (Å²) in [5.74, 6) is 1.33. The Kier molecular flexibility index (Phi) is 10.3. The molecule has 1 aliphatic rings. The summed E-state index contributed by atoms with van der Waals surface area (Å²) < 4.78 is 33.7. The largest absolute Gasteiger partial charge is 0.497 e. The maximum atomic E-state index is 13.6. The lowest BCUT2D eigenvalue weighted by atomic mass is 10.0. The first-order chi connectivity index (χ1) is 19.3. The lowest BCUT2D eigenvalue weighted by Crippen LogP contribution is -2.48. The van der Waals surface area contributed by atoms with Gasteiger partial charge in [0.2, 0.25) is 0 Å². The van der Waals surface area contributed by atoms with E-state index < -0.39 is 22.9 Å². The Balaban J connectivity index is 1.50. The van der Waals surface area contributed by atoms with Crippen LogP contribution in [0, 0.1) is 0 Å². The van der Waals surface area contributed by atoms with Gasteiger partial charge in [0.25, 0.3) is 5.91 Å². The molecule has 0 saturated carbocycles. The molecule has 1 fully saturated rings. The number of aliphatic hydroxyl groups is 1. The number of rotatable bonds is 13. The van der Waals surface area contributed by atoms with Gasteiger partial charge in [-0.3, -0.25) is 18.2 Å². The van der Waals surface area contributed by atoms with E-state index in [1.807, 2.05) is 37.3 Å². The number of carbonyl (C=O) groups is 1. The van der Waals surface area contributed by atoms with Crippen molar-refractivity contribution in [3.63, 3.8) is 0 Å². The molecule has 0 spiro atoms. The second kappa shape index (κ2) is 13.9. The van der Waals surface area contributed by atoms with E-state index in [1.54, 1.807) is 41.9 Å². The molecule has 218 valence electrons. The van der Waals surface area contributed by atoms with Crippen LogP contribution in [0.1, 0.15) is 41.4 Å². The summed E-state index contributed by atoms with van der Waals surface area (Å²) >= 11 is 0. The minimum absolute atomic E-state index is 0.236. The normalized spacial score (nSPS) is 17.1. The van der Waals surface area contributed by atoms with Crippen molar-refractivity contribution < 1.29 is 28.2 Å². The topological polar surface area (TPSA) is 139 Å². The van der Waals surface area contributed by atoms with Crippen molar-refractivity contribution >= 4 is 28.1 Å². The first-order valence-corrected chi connectivity index (χ1v) is 15.2. The molecule has 0 bridgehead atoms. The van der Waals surface area contributed by atoms with Crippen LogP contribution in [0.4, 0.5) is 11.4 Å². The molecule has 1 amide bonds. The van der Waals surface area contributed by atoms with Gasteiger partial charge in [-0.1, -0.05) is 12.1 Å². The van der Waals surface area contributed by atoms with E-state index in [4.69, 9.17) is 9.15 Å². The van der Waals surface area contributed by atoms with Crippen LogP contribution in [-0.4, -0.2) is 64.8 Å². The van der Waals surface area contributed by atoms with Crippen molar-refractivity contribution in [1.29, 1.82) is 0 Å². The minimum Gasteiger partial charge on any atom is -0.497 e. The maximum absolute atomic E-state index is 13.6. The number of hydrogen-bond acceptors (Lipinski definition) is 9.